The minimum absolute atomic E-state index is 0.305. The zero-order valence-electron chi connectivity index (χ0n) is 7.44. The van der Waals surface area contributed by atoms with Gasteiger partial charge in [-0.25, -0.2) is 0 Å². The molecule has 3 heteroatoms. The standard InChI is InChI=1S/C10H12N2O/c11-7-9-3-1-5-12(9)8-10-4-2-6-13-10/h1,3,5,10H,2,4,6,8H2/t10-/m1/s1. The van der Waals surface area contributed by atoms with Crippen LogP contribution >= 0.6 is 0 Å². The van der Waals surface area contributed by atoms with Crippen LogP contribution in [0.15, 0.2) is 18.3 Å². The van der Waals surface area contributed by atoms with Gasteiger partial charge in [0.05, 0.1) is 6.10 Å². The van der Waals surface area contributed by atoms with Crippen LogP contribution in [0, 0.1) is 11.3 Å². The minimum Gasteiger partial charge on any atom is -0.376 e. The number of nitrogens with zero attached hydrogens (tertiary/aromatic N) is 2. The van der Waals surface area contributed by atoms with E-state index in [0.717, 1.165) is 31.7 Å². The van der Waals surface area contributed by atoms with E-state index in [4.69, 9.17) is 10.00 Å². The molecule has 3 nitrogen and oxygen atoms in total. The molecule has 0 amide bonds. The van der Waals surface area contributed by atoms with Crippen molar-refractivity contribution in [1.29, 1.82) is 5.26 Å². The fraction of sp³-hybridized carbons (Fsp3) is 0.500. The van der Waals surface area contributed by atoms with E-state index >= 15 is 0 Å². The molecule has 2 heterocycles. The molecule has 0 saturated carbocycles. The molecule has 1 aliphatic heterocycles. The fourth-order valence-electron chi connectivity index (χ4n) is 1.68. The van der Waals surface area contributed by atoms with Gasteiger partial charge in [-0.2, -0.15) is 5.26 Å². The van der Waals surface area contributed by atoms with E-state index in [-0.39, 0.29) is 0 Å². The van der Waals surface area contributed by atoms with Gasteiger partial charge in [-0.15, -0.1) is 0 Å². The molecule has 1 saturated heterocycles. The predicted molar refractivity (Wildman–Crippen MR) is 48.1 cm³/mol. The molecule has 0 unspecified atom stereocenters. The van der Waals surface area contributed by atoms with E-state index < -0.39 is 0 Å². The number of hydrogen-bond acceptors (Lipinski definition) is 2. The van der Waals surface area contributed by atoms with Gasteiger partial charge < -0.3 is 9.30 Å². The van der Waals surface area contributed by atoms with Crippen molar-refractivity contribution in [3.63, 3.8) is 0 Å². The molecule has 0 aliphatic carbocycles. The van der Waals surface area contributed by atoms with Crippen LogP contribution in [0.5, 0.6) is 0 Å². The van der Waals surface area contributed by atoms with Crippen LogP contribution in [0.1, 0.15) is 18.5 Å². The highest BCUT2D eigenvalue weighted by Crippen LogP contribution is 2.15. The maximum absolute atomic E-state index is 8.77. The van der Waals surface area contributed by atoms with Crippen LogP contribution in [0.3, 0.4) is 0 Å². The first kappa shape index (κ1) is 8.33. The molecule has 68 valence electrons. The van der Waals surface area contributed by atoms with Gasteiger partial charge >= 0.3 is 0 Å². The Labute approximate surface area is 77.5 Å². The average Bonchev–Trinajstić information content (AvgIpc) is 2.76. The zero-order chi connectivity index (χ0) is 9.10. The molecule has 0 radical (unpaired) electrons. The Bertz CT molecular complexity index is 318. The van der Waals surface area contributed by atoms with E-state index in [1.54, 1.807) is 0 Å². The monoisotopic (exact) mass is 176 g/mol. The Balaban J connectivity index is 2.04. The van der Waals surface area contributed by atoms with Crippen molar-refractivity contribution in [1.82, 2.24) is 4.57 Å². The lowest BCUT2D eigenvalue weighted by atomic mass is 10.2. The summed E-state index contributed by atoms with van der Waals surface area (Å²) >= 11 is 0. The molecule has 0 N–H and O–H groups in total. The summed E-state index contributed by atoms with van der Waals surface area (Å²) in [5.41, 5.74) is 0.718. The average molecular weight is 176 g/mol. The number of hydrogen-bond donors (Lipinski definition) is 0. The second kappa shape index (κ2) is 3.63. The van der Waals surface area contributed by atoms with Crippen LogP contribution in [-0.2, 0) is 11.3 Å². The van der Waals surface area contributed by atoms with Gasteiger partial charge in [0.25, 0.3) is 0 Å². The third-order valence-corrected chi connectivity index (χ3v) is 2.37. The second-order valence-electron chi connectivity index (χ2n) is 3.29. The van der Waals surface area contributed by atoms with Crippen molar-refractivity contribution >= 4 is 0 Å². The Morgan fingerprint density at radius 2 is 2.62 bits per heavy atom. The van der Waals surface area contributed by atoms with Crippen LogP contribution in [0.4, 0.5) is 0 Å². The van der Waals surface area contributed by atoms with Crippen LogP contribution < -0.4 is 0 Å². The van der Waals surface area contributed by atoms with Crippen molar-refractivity contribution in [2.24, 2.45) is 0 Å². The Hall–Kier alpha value is -1.27. The van der Waals surface area contributed by atoms with Gasteiger partial charge in [-0.3, -0.25) is 0 Å². The Morgan fingerprint density at radius 3 is 3.31 bits per heavy atom. The van der Waals surface area contributed by atoms with Gasteiger partial charge in [0.1, 0.15) is 11.8 Å². The van der Waals surface area contributed by atoms with Gasteiger partial charge in [-0.1, -0.05) is 0 Å². The SMILES string of the molecule is N#Cc1cccn1C[C@H]1CCCO1. The predicted octanol–water partition coefficient (Wildman–Crippen LogP) is 1.54. The first-order chi connectivity index (χ1) is 6.40. The Morgan fingerprint density at radius 1 is 1.69 bits per heavy atom. The molecule has 1 atom stereocenters. The third kappa shape index (κ3) is 1.73. The summed E-state index contributed by atoms with van der Waals surface area (Å²) in [4.78, 5) is 0. The smallest absolute Gasteiger partial charge is 0.120 e. The highest BCUT2D eigenvalue weighted by atomic mass is 16.5. The fourth-order valence-corrected chi connectivity index (χ4v) is 1.68. The summed E-state index contributed by atoms with van der Waals surface area (Å²) in [6, 6.07) is 5.88. The summed E-state index contributed by atoms with van der Waals surface area (Å²) in [7, 11) is 0. The van der Waals surface area contributed by atoms with Crippen LogP contribution in [-0.4, -0.2) is 17.3 Å². The number of aromatic nitrogens is 1. The van der Waals surface area contributed by atoms with E-state index in [0.29, 0.717) is 6.10 Å². The van der Waals surface area contributed by atoms with E-state index in [1.165, 1.54) is 0 Å². The molecule has 1 aliphatic rings. The van der Waals surface area contributed by atoms with Crippen molar-refractivity contribution < 1.29 is 4.74 Å². The number of ether oxygens (including phenoxy) is 1. The highest BCUT2D eigenvalue weighted by Gasteiger charge is 2.16. The first-order valence-electron chi connectivity index (χ1n) is 4.57. The van der Waals surface area contributed by atoms with E-state index in [1.807, 2.05) is 22.9 Å². The lowest BCUT2D eigenvalue weighted by Crippen LogP contribution is -2.15. The molecule has 1 aromatic heterocycles. The molecular weight excluding hydrogens is 164 g/mol. The Kier molecular flexibility index (Phi) is 2.33. The largest absolute Gasteiger partial charge is 0.376 e. The zero-order valence-corrected chi connectivity index (χ0v) is 7.44. The third-order valence-electron chi connectivity index (χ3n) is 2.37. The first-order valence-corrected chi connectivity index (χ1v) is 4.57. The van der Waals surface area contributed by atoms with Crippen LogP contribution in [0.2, 0.25) is 0 Å². The summed E-state index contributed by atoms with van der Waals surface area (Å²) in [6.45, 7) is 1.68. The normalized spacial score (nSPS) is 21.6. The molecule has 1 fully saturated rings. The van der Waals surface area contributed by atoms with Gasteiger partial charge in [-0.05, 0) is 25.0 Å². The number of rotatable bonds is 2. The van der Waals surface area contributed by atoms with Crippen molar-refractivity contribution in [2.75, 3.05) is 6.61 Å². The van der Waals surface area contributed by atoms with Gasteiger partial charge in [0.2, 0.25) is 0 Å². The van der Waals surface area contributed by atoms with Crippen molar-refractivity contribution in [2.45, 2.75) is 25.5 Å². The van der Waals surface area contributed by atoms with Crippen molar-refractivity contribution in [3.8, 4) is 6.07 Å². The molecule has 2 rings (SSSR count). The highest BCUT2D eigenvalue weighted by molar-refractivity contribution is 5.21. The van der Waals surface area contributed by atoms with E-state index in [2.05, 4.69) is 6.07 Å². The number of nitriles is 1. The van der Waals surface area contributed by atoms with Gasteiger partial charge in [0, 0.05) is 19.3 Å². The minimum atomic E-state index is 0.305. The summed E-state index contributed by atoms with van der Waals surface area (Å²) in [5, 5.41) is 8.77. The molecule has 0 aromatic carbocycles. The quantitative estimate of drug-likeness (QED) is 0.685. The van der Waals surface area contributed by atoms with E-state index in [9.17, 15) is 0 Å². The van der Waals surface area contributed by atoms with Crippen molar-refractivity contribution in [3.05, 3.63) is 24.0 Å². The molecular formula is C10H12N2O. The molecule has 0 spiro atoms. The topological polar surface area (TPSA) is 38.0 Å². The van der Waals surface area contributed by atoms with Gasteiger partial charge in [0.15, 0.2) is 0 Å². The maximum Gasteiger partial charge on any atom is 0.120 e. The molecule has 0 bridgehead atoms. The molecule has 1 aromatic rings. The summed E-state index contributed by atoms with van der Waals surface area (Å²) in [5.74, 6) is 0. The van der Waals surface area contributed by atoms with Crippen LogP contribution in [0.25, 0.3) is 0 Å². The second-order valence-corrected chi connectivity index (χ2v) is 3.29. The summed E-state index contributed by atoms with van der Waals surface area (Å²) in [6.07, 6.45) is 4.50. The maximum atomic E-state index is 8.77. The molecule has 13 heavy (non-hydrogen) atoms. The lowest BCUT2D eigenvalue weighted by Gasteiger charge is -2.10. The lowest BCUT2D eigenvalue weighted by molar-refractivity contribution is 0.0969. The summed E-state index contributed by atoms with van der Waals surface area (Å²) < 4.78 is 7.45.